The Hall–Kier alpha value is -1.65. The number of nitrogens with zero attached hydrogens (tertiary/aromatic N) is 1. The van der Waals surface area contributed by atoms with E-state index in [1.807, 2.05) is 0 Å². The van der Waals surface area contributed by atoms with Crippen molar-refractivity contribution in [2.24, 2.45) is 11.1 Å². The molecule has 25 heavy (non-hydrogen) atoms. The van der Waals surface area contributed by atoms with Crippen molar-refractivity contribution in [2.75, 3.05) is 18.4 Å². The second-order valence-corrected chi connectivity index (χ2v) is 8.14. The molecule has 1 saturated heterocycles. The Morgan fingerprint density at radius 1 is 1.32 bits per heavy atom. The van der Waals surface area contributed by atoms with Gasteiger partial charge < -0.3 is 5.32 Å². The molecule has 1 atom stereocenters. The number of benzene rings is 1. The maximum Gasteiger partial charge on any atom is 0.393 e. The van der Waals surface area contributed by atoms with Gasteiger partial charge in [0.1, 0.15) is 0 Å². The second kappa shape index (κ2) is 6.58. The predicted molar refractivity (Wildman–Crippen MR) is 86.3 cm³/mol. The smallest absolute Gasteiger partial charge is 0.325 e. The summed E-state index contributed by atoms with van der Waals surface area (Å²) in [6, 6.07) is 5.21. The van der Waals surface area contributed by atoms with E-state index in [1.54, 1.807) is 0 Å². The van der Waals surface area contributed by atoms with E-state index < -0.39 is 33.6 Å². The largest absolute Gasteiger partial charge is 0.393 e. The Labute approximate surface area is 144 Å². The van der Waals surface area contributed by atoms with Gasteiger partial charge in [-0.2, -0.15) is 13.2 Å². The molecule has 1 fully saturated rings. The standard InChI is InChI=1S/C15H20F3N3O3S/c1-14(2)12(15(16,17)18)7-8-21(14)9-13(22)20-10-3-5-11(6-4-10)25(19,23)24/h3-6,12H,7-9H2,1-2H3,(H,20,22)(H2,19,23,24)/t12-/m0/s1. The molecule has 6 nitrogen and oxygen atoms in total. The highest BCUT2D eigenvalue weighted by atomic mass is 32.2. The number of halogens is 3. The summed E-state index contributed by atoms with van der Waals surface area (Å²) >= 11 is 0. The third-order valence-corrected chi connectivity index (χ3v) is 5.48. The lowest BCUT2D eigenvalue weighted by atomic mass is 9.88. The van der Waals surface area contributed by atoms with Crippen molar-refractivity contribution in [2.45, 2.75) is 36.9 Å². The summed E-state index contributed by atoms with van der Waals surface area (Å²) in [6.07, 6.45) is -4.36. The maximum atomic E-state index is 13.1. The van der Waals surface area contributed by atoms with Crippen molar-refractivity contribution in [3.8, 4) is 0 Å². The van der Waals surface area contributed by atoms with Gasteiger partial charge >= 0.3 is 6.18 Å². The molecular formula is C15H20F3N3O3S. The van der Waals surface area contributed by atoms with E-state index in [0.717, 1.165) is 0 Å². The van der Waals surface area contributed by atoms with Crippen LogP contribution in [-0.2, 0) is 14.8 Å². The number of alkyl halides is 3. The van der Waals surface area contributed by atoms with Gasteiger partial charge in [-0.3, -0.25) is 9.69 Å². The van der Waals surface area contributed by atoms with Crippen LogP contribution in [0.5, 0.6) is 0 Å². The van der Waals surface area contributed by atoms with E-state index in [4.69, 9.17) is 5.14 Å². The molecule has 1 aliphatic rings. The first kappa shape index (κ1) is 19.7. The topological polar surface area (TPSA) is 92.5 Å². The molecule has 0 spiro atoms. The molecule has 1 aromatic carbocycles. The van der Waals surface area contributed by atoms with E-state index in [0.29, 0.717) is 5.69 Å². The molecule has 140 valence electrons. The van der Waals surface area contributed by atoms with Gasteiger partial charge in [0.2, 0.25) is 15.9 Å². The van der Waals surface area contributed by atoms with Crippen LogP contribution in [-0.4, -0.2) is 44.0 Å². The fourth-order valence-corrected chi connectivity index (χ4v) is 3.61. The van der Waals surface area contributed by atoms with Gasteiger partial charge in [0.25, 0.3) is 0 Å². The summed E-state index contributed by atoms with van der Waals surface area (Å²) in [4.78, 5) is 13.5. The maximum absolute atomic E-state index is 13.1. The molecule has 2 rings (SSSR count). The lowest BCUT2D eigenvalue weighted by Gasteiger charge is -2.36. The molecule has 0 saturated carbocycles. The number of nitrogens with one attached hydrogen (secondary N) is 1. The minimum Gasteiger partial charge on any atom is -0.325 e. The summed E-state index contributed by atoms with van der Waals surface area (Å²) < 4.78 is 61.5. The Morgan fingerprint density at radius 3 is 2.32 bits per heavy atom. The summed E-state index contributed by atoms with van der Waals surface area (Å²) in [5.41, 5.74) is -0.839. The molecule has 0 unspecified atom stereocenters. The number of sulfonamides is 1. The van der Waals surface area contributed by atoms with Crippen LogP contribution in [0.1, 0.15) is 20.3 Å². The third-order valence-electron chi connectivity index (χ3n) is 4.55. The van der Waals surface area contributed by atoms with E-state index in [9.17, 15) is 26.4 Å². The zero-order valence-electron chi connectivity index (χ0n) is 13.8. The van der Waals surface area contributed by atoms with Crippen LogP contribution in [0.15, 0.2) is 29.2 Å². The molecular weight excluding hydrogens is 359 g/mol. The highest BCUT2D eigenvalue weighted by Crippen LogP contribution is 2.44. The normalized spacial score (nSPS) is 21.3. The Morgan fingerprint density at radius 2 is 1.88 bits per heavy atom. The number of carbonyl (C=O) groups excluding carboxylic acids is 1. The number of amides is 1. The summed E-state index contributed by atoms with van der Waals surface area (Å²) in [7, 11) is -3.83. The number of hydrogen-bond acceptors (Lipinski definition) is 4. The van der Waals surface area contributed by atoms with Gasteiger partial charge in [0.05, 0.1) is 17.4 Å². The molecule has 0 aliphatic carbocycles. The average molecular weight is 379 g/mol. The highest BCUT2D eigenvalue weighted by Gasteiger charge is 2.54. The molecule has 0 bridgehead atoms. The summed E-state index contributed by atoms with van der Waals surface area (Å²) in [5.74, 6) is -1.96. The lowest BCUT2D eigenvalue weighted by Crippen LogP contribution is -2.49. The van der Waals surface area contributed by atoms with E-state index in [1.165, 1.54) is 43.0 Å². The number of rotatable bonds is 4. The number of nitrogens with two attached hydrogens (primary N) is 1. The van der Waals surface area contributed by atoms with Crippen LogP contribution in [0.25, 0.3) is 0 Å². The number of anilines is 1. The van der Waals surface area contributed by atoms with Crippen LogP contribution in [0.4, 0.5) is 18.9 Å². The first-order valence-corrected chi connectivity index (χ1v) is 9.11. The highest BCUT2D eigenvalue weighted by molar-refractivity contribution is 7.89. The molecule has 0 radical (unpaired) electrons. The Kier molecular flexibility index (Phi) is 5.18. The first-order chi connectivity index (χ1) is 11.3. The van der Waals surface area contributed by atoms with E-state index in [2.05, 4.69) is 5.32 Å². The van der Waals surface area contributed by atoms with Crippen molar-refractivity contribution < 1.29 is 26.4 Å². The van der Waals surface area contributed by atoms with Crippen LogP contribution >= 0.6 is 0 Å². The summed E-state index contributed by atoms with van der Waals surface area (Å²) in [6.45, 7) is 2.95. The van der Waals surface area contributed by atoms with Crippen molar-refractivity contribution in [3.63, 3.8) is 0 Å². The molecule has 0 aromatic heterocycles. The quantitative estimate of drug-likeness (QED) is 0.836. The fraction of sp³-hybridized carbons (Fsp3) is 0.533. The number of carbonyl (C=O) groups is 1. The molecule has 1 heterocycles. The monoisotopic (exact) mass is 379 g/mol. The second-order valence-electron chi connectivity index (χ2n) is 6.58. The van der Waals surface area contributed by atoms with Crippen LogP contribution in [0.2, 0.25) is 0 Å². The third kappa shape index (κ3) is 4.50. The van der Waals surface area contributed by atoms with Gasteiger partial charge in [-0.1, -0.05) is 0 Å². The Balaban J connectivity index is 2.01. The fourth-order valence-electron chi connectivity index (χ4n) is 3.10. The number of hydrogen-bond donors (Lipinski definition) is 2. The molecule has 3 N–H and O–H groups in total. The van der Waals surface area contributed by atoms with Crippen molar-refractivity contribution >= 4 is 21.6 Å². The van der Waals surface area contributed by atoms with Gasteiger partial charge in [0.15, 0.2) is 0 Å². The van der Waals surface area contributed by atoms with Gasteiger partial charge in [-0.15, -0.1) is 0 Å². The molecule has 1 aromatic rings. The van der Waals surface area contributed by atoms with Crippen LogP contribution < -0.4 is 10.5 Å². The van der Waals surface area contributed by atoms with Gasteiger partial charge in [-0.05, 0) is 51.1 Å². The Bertz CT molecular complexity index is 746. The average Bonchev–Trinajstić information content (AvgIpc) is 2.73. The van der Waals surface area contributed by atoms with Crippen LogP contribution in [0.3, 0.4) is 0 Å². The zero-order chi connectivity index (χ0) is 19.0. The predicted octanol–water partition coefficient (Wildman–Crippen LogP) is 1.94. The molecule has 1 amide bonds. The first-order valence-electron chi connectivity index (χ1n) is 7.56. The number of likely N-dealkylation sites (tertiary alicyclic amines) is 1. The zero-order valence-corrected chi connectivity index (χ0v) is 14.6. The van der Waals surface area contributed by atoms with Gasteiger partial charge in [0, 0.05) is 11.2 Å². The molecule has 1 aliphatic heterocycles. The minimum absolute atomic E-state index is 0.0488. The van der Waals surface area contributed by atoms with Gasteiger partial charge in [-0.25, -0.2) is 13.6 Å². The SMILES string of the molecule is CC1(C)[C@@H](C(F)(F)F)CCN1CC(=O)Nc1ccc(S(N)(=O)=O)cc1. The van der Waals surface area contributed by atoms with Crippen molar-refractivity contribution in [1.82, 2.24) is 4.90 Å². The minimum atomic E-state index is -4.31. The van der Waals surface area contributed by atoms with Crippen LogP contribution in [0, 0.1) is 5.92 Å². The van der Waals surface area contributed by atoms with Crippen molar-refractivity contribution in [1.29, 1.82) is 0 Å². The number of primary sulfonamides is 1. The summed E-state index contributed by atoms with van der Waals surface area (Å²) in [5, 5.41) is 7.52. The van der Waals surface area contributed by atoms with E-state index >= 15 is 0 Å². The van der Waals surface area contributed by atoms with E-state index in [-0.39, 0.29) is 24.4 Å². The molecule has 10 heteroatoms. The van der Waals surface area contributed by atoms with Crippen molar-refractivity contribution in [3.05, 3.63) is 24.3 Å². The lowest BCUT2D eigenvalue weighted by molar-refractivity contribution is -0.191.